The molecule has 2 fully saturated rings. The first kappa shape index (κ1) is 25.6. The van der Waals surface area contributed by atoms with Crippen molar-refractivity contribution in [3.8, 4) is 0 Å². The quantitative estimate of drug-likeness (QED) is 0.450. The molecule has 3 aromatic rings. The first-order chi connectivity index (χ1) is 18.4. The SMILES string of the molecule is CC(C)c1cccc(CC2OCCn3c2nnc3[C@H]2CC[C@H](n3cc(C4(F)CCN(C)CC4)nn3)CC2)c1. The van der Waals surface area contributed by atoms with E-state index in [2.05, 4.69) is 68.1 Å². The van der Waals surface area contributed by atoms with Crippen LogP contribution in [-0.4, -0.2) is 61.4 Å². The number of hydrogen-bond donors (Lipinski definition) is 0. The maximum atomic E-state index is 15.5. The molecule has 8 nitrogen and oxygen atoms in total. The maximum absolute atomic E-state index is 15.5. The van der Waals surface area contributed by atoms with E-state index in [1.807, 2.05) is 17.9 Å². The van der Waals surface area contributed by atoms with Crippen molar-refractivity contribution >= 4 is 0 Å². The second-order valence-corrected chi connectivity index (χ2v) is 11.9. The minimum absolute atomic E-state index is 0.0649. The van der Waals surface area contributed by atoms with Gasteiger partial charge in [0.2, 0.25) is 0 Å². The Bertz CT molecular complexity index is 1240. The number of fused-ring (bicyclic) bond motifs is 1. The van der Waals surface area contributed by atoms with Crippen LogP contribution < -0.4 is 0 Å². The fourth-order valence-corrected chi connectivity index (χ4v) is 6.39. The zero-order chi connectivity index (χ0) is 26.3. The van der Waals surface area contributed by atoms with Crippen molar-refractivity contribution in [3.63, 3.8) is 0 Å². The average Bonchev–Trinajstić information content (AvgIpc) is 3.60. The number of benzene rings is 1. The van der Waals surface area contributed by atoms with Gasteiger partial charge in [-0.1, -0.05) is 43.3 Å². The first-order valence-electron chi connectivity index (χ1n) is 14.3. The molecule has 6 rings (SSSR count). The Kier molecular flexibility index (Phi) is 7.07. The van der Waals surface area contributed by atoms with Gasteiger partial charge in [0.25, 0.3) is 0 Å². The topological polar surface area (TPSA) is 73.9 Å². The summed E-state index contributed by atoms with van der Waals surface area (Å²) in [6, 6.07) is 9.06. The molecular weight excluding hydrogens is 481 g/mol. The van der Waals surface area contributed by atoms with Crippen LogP contribution in [0.4, 0.5) is 4.39 Å². The predicted molar refractivity (Wildman–Crippen MR) is 143 cm³/mol. The smallest absolute Gasteiger partial charge is 0.162 e. The van der Waals surface area contributed by atoms with Crippen LogP contribution in [0, 0.1) is 0 Å². The number of rotatable bonds is 6. The van der Waals surface area contributed by atoms with Crippen molar-refractivity contribution in [2.24, 2.45) is 0 Å². The molecule has 1 saturated heterocycles. The van der Waals surface area contributed by atoms with Crippen molar-refractivity contribution < 1.29 is 9.13 Å². The van der Waals surface area contributed by atoms with Crippen molar-refractivity contribution in [1.29, 1.82) is 0 Å². The molecule has 1 saturated carbocycles. The van der Waals surface area contributed by atoms with Crippen LogP contribution >= 0.6 is 0 Å². The summed E-state index contributed by atoms with van der Waals surface area (Å²) in [5.74, 6) is 2.93. The molecule has 9 heteroatoms. The summed E-state index contributed by atoms with van der Waals surface area (Å²) < 4.78 is 25.9. The molecule has 2 aliphatic heterocycles. The summed E-state index contributed by atoms with van der Waals surface area (Å²) in [4.78, 5) is 2.17. The molecule has 3 aliphatic rings. The van der Waals surface area contributed by atoms with Crippen molar-refractivity contribution in [1.82, 2.24) is 34.7 Å². The second kappa shape index (κ2) is 10.5. The van der Waals surface area contributed by atoms with Gasteiger partial charge in [0.15, 0.2) is 11.5 Å². The van der Waals surface area contributed by atoms with Gasteiger partial charge < -0.3 is 14.2 Å². The molecular formula is C29H40FN7O. The van der Waals surface area contributed by atoms with E-state index in [0.717, 1.165) is 63.4 Å². The number of hydrogen-bond acceptors (Lipinski definition) is 6. The van der Waals surface area contributed by atoms with Crippen LogP contribution in [0.5, 0.6) is 0 Å². The molecule has 204 valence electrons. The molecule has 0 bridgehead atoms. The van der Waals surface area contributed by atoms with Gasteiger partial charge in [0.1, 0.15) is 17.6 Å². The minimum Gasteiger partial charge on any atom is -0.368 e. The number of likely N-dealkylation sites (tertiary alicyclic amines) is 1. The summed E-state index contributed by atoms with van der Waals surface area (Å²) in [5.41, 5.74) is 1.79. The van der Waals surface area contributed by atoms with E-state index in [4.69, 9.17) is 4.74 Å². The standard InChI is InChI=1S/C29H40FN7O/c1-20(2)23-6-4-5-21(17-23)18-25-28-33-32-27(36(28)15-16-38-25)22-7-9-24(10-8-22)37-19-26(31-34-37)29(30)11-13-35(3)14-12-29/h4-6,17,19-20,22,24-25H,7-16,18H2,1-3H3/t22-,24-,25?. The Balaban J connectivity index is 1.11. The van der Waals surface area contributed by atoms with E-state index in [0.29, 0.717) is 37.0 Å². The Morgan fingerprint density at radius 2 is 1.79 bits per heavy atom. The monoisotopic (exact) mass is 521 g/mol. The van der Waals surface area contributed by atoms with E-state index in [9.17, 15) is 0 Å². The number of nitrogens with zero attached hydrogens (tertiary/aromatic N) is 7. The predicted octanol–water partition coefficient (Wildman–Crippen LogP) is 5.10. The molecule has 0 spiro atoms. The molecule has 38 heavy (non-hydrogen) atoms. The molecule has 1 aliphatic carbocycles. The van der Waals surface area contributed by atoms with Crippen molar-refractivity contribution in [2.75, 3.05) is 26.7 Å². The molecule has 1 unspecified atom stereocenters. The van der Waals surface area contributed by atoms with Crippen molar-refractivity contribution in [3.05, 3.63) is 58.9 Å². The molecule has 1 aromatic carbocycles. The third-order valence-electron chi connectivity index (χ3n) is 8.95. The van der Waals surface area contributed by atoms with Gasteiger partial charge >= 0.3 is 0 Å². The highest BCUT2D eigenvalue weighted by molar-refractivity contribution is 5.27. The molecule has 0 N–H and O–H groups in total. The lowest BCUT2D eigenvalue weighted by Gasteiger charge is -2.33. The van der Waals surface area contributed by atoms with Gasteiger partial charge in [-0.3, -0.25) is 0 Å². The lowest BCUT2D eigenvalue weighted by molar-refractivity contribution is 0.0161. The fourth-order valence-electron chi connectivity index (χ4n) is 6.39. The number of aromatic nitrogens is 6. The number of ether oxygens (including phenoxy) is 1. The van der Waals surface area contributed by atoms with Gasteiger partial charge in [0.05, 0.1) is 18.8 Å². The Morgan fingerprint density at radius 1 is 1.03 bits per heavy atom. The number of alkyl halides is 1. The normalized spacial score (nSPS) is 26.0. The lowest BCUT2D eigenvalue weighted by atomic mass is 9.85. The van der Waals surface area contributed by atoms with Crippen molar-refractivity contribution in [2.45, 2.75) is 95.0 Å². The zero-order valence-electron chi connectivity index (χ0n) is 22.9. The van der Waals surface area contributed by atoms with E-state index >= 15 is 4.39 Å². The molecule has 0 radical (unpaired) electrons. The van der Waals surface area contributed by atoms with Crippen LogP contribution in [0.25, 0.3) is 0 Å². The van der Waals surface area contributed by atoms with Gasteiger partial charge in [-0.2, -0.15) is 0 Å². The zero-order valence-corrected chi connectivity index (χ0v) is 22.9. The molecule has 1 atom stereocenters. The van der Waals surface area contributed by atoms with E-state index < -0.39 is 5.67 Å². The summed E-state index contributed by atoms with van der Waals surface area (Å²) in [6.45, 7) is 7.46. The highest BCUT2D eigenvalue weighted by Gasteiger charge is 2.39. The van der Waals surface area contributed by atoms with Gasteiger partial charge in [-0.25, -0.2) is 9.07 Å². The minimum atomic E-state index is -1.35. The molecule has 4 heterocycles. The summed E-state index contributed by atoms with van der Waals surface area (Å²) in [7, 11) is 2.04. The molecule has 0 amide bonds. The lowest BCUT2D eigenvalue weighted by Crippen LogP contribution is -2.38. The average molecular weight is 522 g/mol. The van der Waals surface area contributed by atoms with Crippen LogP contribution in [-0.2, 0) is 23.4 Å². The van der Waals surface area contributed by atoms with Gasteiger partial charge in [-0.05, 0) is 49.8 Å². The van der Waals surface area contributed by atoms with Crippen LogP contribution in [0.1, 0.15) is 105 Å². The van der Waals surface area contributed by atoms with E-state index in [-0.39, 0.29) is 12.1 Å². The Morgan fingerprint density at radius 3 is 2.55 bits per heavy atom. The third kappa shape index (κ3) is 5.02. The largest absolute Gasteiger partial charge is 0.368 e. The van der Waals surface area contributed by atoms with Gasteiger partial charge in [0, 0.05) is 44.8 Å². The van der Waals surface area contributed by atoms with Crippen LogP contribution in [0.2, 0.25) is 0 Å². The van der Waals surface area contributed by atoms with Gasteiger partial charge in [-0.15, -0.1) is 15.3 Å². The van der Waals surface area contributed by atoms with Crippen LogP contribution in [0.15, 0.2) is 30.5 Å². The summed E-state index contributed by atoms with van der Waals surface area (Å²) in [5, 5.41) is 18.0. The summed E-state index contributed by atoms with van der Waals surface area (Å²) in [6.07, 6.45) is 7.60. The van der Waals surface area contributed by atoms with E-state index in [1.54, 1.807) is 0 Å². The maximum Gasteiger partial charge on any atom is 0.162 e. The first-order valence-corrected chi connectivity index (χ1v) is 14.3. The number of halogens is 1. The molecule has 2 aromatic heterocycles. The Hall–Kier alpha value is -2.65. The highest BCUT2D eigenvalue weighted by Crippen LogP contribution is 2.40. The third-order valence-corrected chi connectivity index (χ3v) is 8.95. The van der Waals surface area contributed by atoms with Crippen LogP contribution in [0.3, 0.4) is 0 Å². The second-order valence-electron chi connectivity index (χ2n) is 11.9. The highest BCUT2D eigenvalue weighted by atomic mass is 19.1. The van der Waals surface area contributed by atoms with E-state index in [1.165, 1.54) is 11.1 Å². The summed E-state index contributed by atoms with van der Waals surface area (Å²) >= 11 is 0. The number of piperidine rings is 1. The fraction of sp³-hybridized carbons (Fsp3) is 0.655. The Labute approximate surface area is 224 Å².